The number of hydrogen-bond donors (Lipinski definition) is 0. The smallest absolute Gasteiger partial charge is 0.308 e. The topological polar surface area (TPSA) is 26.3 Å². The van der Waals surface area contributed by atoms with Crippen LogP contribution in [0.2, 0.25) is 0 Å². The highest BCUT2D eigenvalue weighted by Crippen LogP contribution is 2.24. The monoisotopic (exact) mass is 256 g/mol. The maximum Gasteiger partial charge on any atom is 0.308 e. The molecule has 2 nitrogen and oxygen atoms in total. The van der Waals surface area contributed by atoms with E-state index in [1.807, 2.05) is 0 Å². The zero-order valence-electron chi connectivity index (χ0n) is 13.2. The lowest BCUT2D eigenvalue weighted by Crippen LogP contribution is -2.22. The van der Waals surface area contributed by atoms with Gasteiger partial charge in [0.05, 0.1) is 12.5 Å². The minimum absolute atomic E-state index is 0.00621. The Kier molecular flexibility index (Phi) is 8.30. The molecule has 0 aliphatic carbocycles. The van der Waals surface area contributed by atoms with E-state index in [1.165, 1.54) is 0 Å². The highest BCUT2D eigenvalue weighted by atomic mass is 16.5. The number of esters is 1. The van der Waals surface area contributed by atoms with Crippen molar-refractivity contribution in [2.24, 2.45) is 17.3 Å². The summed E-state index contributed by atoms with van der Waals surface area (Å²) >= 11 is 0. The minimum Gasteiger partial charge on any atom is -0.465 e. The van der Waals surface area contributed by atoms with Gasteiger partial charge >= 0.3 is 5.97 Å². The lowest BCUT2D eigenvalue weighted by Gasteiger charge is -2.23. The molecule has 0 N–H and O–H groups in total. The van der Waals surface area contributed by atoms with Gasteiger partial charge in [0.25, 0.3) is 0 Å². The summed E-state index contributed by atoms with van der Waals surface area (Å²) < 4.78 is 5.46. The molecule has 0 aliphatic heterocycles. The third kappa shape index (κ3) is 8.54. The Morgan fingerprint density at radius 1 is 1.22 bits per heavy atom. The average molecular weight is 256 g/mol. The summed E-state index contributed by atoms with van der Waals surface area (Å²) in [4.78, 5) is 11.9. The Bertz CT molecular complexity index is 228. The van der Waals surface area contributed by atoms with Crippen molar-refractivity contribution in [2.75, 3.05) is 6.61 Å². The van der Waals surface area contributed by atoms with E-state index in [-0.39, 0.29) is 11.9 Å². The summed E-state index contributed by atoms with van der Waals surface area (Å²) in [5.41, 5.74) is 0.304. The lowest BCUT2D eigenvalue weighted by molar-refractivity contribution is -0.150. The summed E-state index contributed by atoms with van der Waals surface area (Å²) in [7, 11) is 0. The van der Waals surface area contributed by atoms with Gasteiger partial charge < -0.3 is 4.74 Å². The molecule has 2 unspecified atom stereocenters. The molecule has 0 saturated carbocycles. The highest BCUT2D eigenvalue weighted by Gasteiger charge is 2.20. The Labute approximate surface area is 113 Å². The van der Waals surface area contributed by atoms with Crippen LogP contribution >= 0.6 is 0 Å². The van der Waals surface area contributed by atoms with Crippen LogP contribution in [0.25, 0.3) is 0 Å². The van der Waals surface area contributed by atoms with Crippen molar-refractivity contribution in [3.8, 4) is 0 Å². The summed E-state index contributed by atoms with van der Waals surface area (Å²) in [6, 6.07) is 0. The molecule has 0 aromatic heterocycles. The summed E-state index contributed by atoms with van der Waals surface area (Å²) in [6.07, 6.45) is 5.22. The predicted octanol–water partition coefficient (Wildman–Crippen LogP) is 4.82. The minimum atomic E-state index is 0.00621. The number of unbranched alkanes of at least 4 members (excludes halogenated alkanes) is 1. The first kappa shape index (κ1) is 17.5. The third-order valence-corrected chi connectivity index (χ3v) is 3.20. The first-order chi connectivity index (χ1) is 8.30. The van der Waals surface area contributed by atoms with E-state index in [0.717, 1.165) is 32.1 Å². The molecule has 0 amide bonds. The summed E-state index contributed by atoms with van der Waals surface area (Å²) in [5, 5.41) is 0. The fourth-order valence-electron chi connectivity index (χ4n) is 2.39. The van der Waals surface area contributed by atoms with Gasteiger partial charge in [0.15, 0.2) is 0 Å². The molecule has 0 aromatic carbocycles. The van der Waals surface area contributed by atoms with Crippen molar-refractivity contribution in [3.05, 3.63) is 0 Å². The fourth-order valence-corrected chi connectivity index (χ4v) is 2.39. The SMILES string of the molecule is CCCCC(CC)C(=O)OCC(C)CC(C)(C)C. The van der Waals surface area contributed by atoms with E-state index in [4.69, 9.17) is 4.74 Å². The van der Waals surface area contributed by atoms with Gasteiger partial charge in [0, 0.05) is 0 Å². The maximum absolute atomic E-state index is 11.9. The van der Waals surface area contributed by atoms with Crippen molar-refractivity contribution in [2.45, 2.75) is 73.6 Å². The van der Waals surface area contributed by atoms with Gasteiger partial charge in [-0.25, -0.2) is 0 Å². The standard InChI is InChI=1S/C16H32O2/c1-7-9-10-14(8-2)15(17)18-12-13(3)11-16(4,5)6/h13-14H,7-12H2,1-6H3. The molecule has 0 radical (unpaired) electrons. The van der Waals surface area contributed by atoms with Crippen LogP contribution in [0.1, 0.15) is 73.6 Å². The second-order valence-corrected chi connectivity index (χ2v) is 6.75. The Morgan fingerprint density at radius 3 is 2.28 bits per heavy atom. The molecule has 0 bridgehead atoms. The lowest BCUT2D eigenvalue weighted by atomic mass is 9.86. The quantitative estimate of drug-likeness (QED) is 0.582. The molecule has 0 saturated heterocycles. The van der Waals surface area contributed by atoms with Crippen LogP contribution in [0.5, 0.6) is 0 Å². The number of carbonyl (C=O) groups excluding carboxylic acids is 1. The molecule has 108 valence electrons. The van der Waals surface area contributed by atoms with Crippen molar-refractivity contribution in [3.63, 3.8) is 0 Å². The first-order valence-corrected chi connectivity index (χ1v) is 7.46. The van der Waals surface area contributed by atoms with Crippen LogP contribution < -0.4 is 0 Å². The number of hydrogen-bond acceptors (Lipinski definition) is 2. The fraction of sp³-hybridized carbons (Fsp3) is 0.938. The van der Waals surface area contributed by atoms with Gasteiger partial charge in [-0.3, -0.25) is 4.79 Å². The number of ether oxygens (including phenoxy) is 1. The van der Waals surface area contributed by atoms with Crippen molar-refractivity contribution >= 4 is 5.97 Å². The Hall–Kier alpha value is -0.530. The summed E-state index contributed by atoms with van der Waals surface area (Å²) in [6.45, 7) is 13.6. The molecule has 0 heterocycles. The van der Waals surface area contributed by atoms with Gasteiger partial charge in [-0.2, -0.15) is 0 Å². The predicted molar refractivity (Wildman–Crippen MR) is 77.5 cm³/mol. The van der Waals surface area contributed by atoms with Crippen molar-refractivity contribution < 1.29 is 9.53 Å². The van der Waals surface area contributed by atoms with Gasteiger partial charge in [0.1, 0.15) is 0 Å². The van der Waals surface area contributed by atoms with E-state index >= 15 is 0 Å². The molecule has 0 fully saturated rings. The third-order valence-electron chi connectivity index (χ3n) is 3.20. The molecule has 0 rings (SSSR count). The second kappa shape index (κ2) is 8.55. The van der Waals surface area contributed by atoms with E-state index in [2.05, 4.69) is 41.5 Å². The van der Waals surface area contributed by atoms with E-state index in [1.54, 1.807) is 0 Å². The van der Waals surface area contributed by atoms with Crippen LogP contribution in [0.15, 0.2) is 0 Å². The highest BCUT2D eigenvalue weighted by molar-refractivity contribution is 5.72. The summed E-state index contributed by atoms with van der Waals surface area (Å²) in [5.74, 6) is 0.552. The average Bonchev–Trinajstić information content (AvgIpc) is 2.25. The Balaban J connectivity index is 3.99. The van der Waals surface area contributed by atoms with Crippen LogP contribution in [-0.2, 0) is 9.53 Å². The molecule has 0 aromatic rings. The molecule has 0 spiro atoms. The van der Waals surface area contributed by atoms with E-state index in [9.17, 15) is 4.79 Å². The van der Waals surface area contributed by atoms with E-state index in [0.29, 0.717) is 17.9 Å². The van der Waals surface area contributed by atoms with Crippen LogP contribution in [0.3, 0.4) is 0 Å². The molecular weight excluding hydrogens is 224 g/mol. The zero-order chi connectivity index (χ0) is 14.2. The van der Waals surface area contributed by atoms with E-state index < -0.39 is 0 Å². The first-order valence-electron chi connectivity index (χ1n) is 7.46. The van der Waals surface area contributed by atoms with Crippen LogP contribution in [0, 0.1) is 17.3 Å². The van der Waals surface area contributed by atoms with Crippen LogP contribution in [-0.4, -0.2) is 12.6 Å². The van der Waals surface area contributed by atoms with Crippen molar-refractivity contribution in [1.29, 1.82) is 0 Å². The molecule has 2 heteroatoms. The number of rotatable bonds is 8. The zero-order valence-corrected chi connectivity index (χ0v) is 13.2. The second-order valence-electron chi connectivity index (χ2n) is 6.75. The van der Waals surface area contributed by atoms with Gasteiger partial charge in [-0.1, -0.05) is 54.4 Å². The maximum atomic E-state index is 11.9. The van der Waals surface area contributed by atoms with Crippen molar-refractivity contribution in [1.82, 2.24) is 0 Å². The Morgan fingerprint density at radius 2 is 1.83 bits per heavy atom. The largest absolute Gasteiger partial charge is 0.465 e. The molecular formula is C16H32O2. The van der Waals surface area contributed by atoms with Crippen LogP contribution in [0.4, 0.5) is 0 Å². The normalized spacial score (nSPS) is 15.2. The van der Waals surface area contributed by atoms with Gasteiger partial charge in [-0.05, 0) is 30.6 Å². The molecule has 0 aliphatic rings. The molecule has 2 atom stereocenters. The number of carbonyl (C=O) groups is 1. The van der Waals surface area contributed by atoms with Gasteiger partial charge in [0.2, 0.25) is 0 Å². The molecule has 18 heavy (non-hydrogen) atoms. The van der Waals surface area contributed by atoms with Gasteiger partial charge in [-0.15, -0.1) is 0 Å².